The minimum absolute atomic E-state index is 0.171. The van der Waals surface area contributed by atoms with Gasteiger partial charge in [-0.05, 0) is 47.9 Å². The first-order chi connectivity index (χ1) is 18.8. The van der Waals surface area contributed by atoms with Gasteiger partial charge in [-0.25, -0.2) is 8.42 Å². The number of para-hydroxylation sites is 1. The number of methoxy groups -OCH3 is 2. The highest BCUT2D eigenvalue weighted by molar-refractivity contribution is 7.91. The number of aromatic nitrogens is 2. The highest BCUT2D eigenvalue weighted by Crippen LogP contribution is 2.34. The van der Waals surface area contributed by atoms with Gasteiger partial charge < -0.3 is 14.6 Å². The largest absolute Gasteiger partial charge is 0.494 e. The summed E-state index contributed by atoms with van der Waals surface area (Å²) in [7, 11) is -1.67. The Kier molecular flexibility index (Phi) is 8.02. The van der Waals surface area contributed by atoms with E-state index in [9.17, 15) is 23.6 Å². The van der Waals surface area contributed by atoms with E-state index < -0.39 is 26.2 Å². The number of hydrogen-bond acceptors (Lipinski definition) is 8. The number of ether oxygens (including phenoxy) is 2. The van der Waals surface area contributed by atoms with Gasteiger partial charge in [-0.15, -0.1) is 0 Å². The van der Waals surface area contributed by atoms with Crippen LogP contribution in [0.1, 0.15) is 31.2 Å². The molecule has 0 fully saturated rings. The number of sulfone groups is 1. The van der Waals surface area contributed by atoms with Gasteiger partial charge in [-0.3, -0.25) is 9.36 Å². The van der Waals surface area contributed by atoms with E-state index in [0.717, 1.165) is 11.0 Å². The number of hydrogen-bond donors (Lipinski definition) is 1. The lowest BCUT2D eigenvalue weighted by molar-refractivity contribution is 0.386. The normalized spacial score (nSPS) is 11.1. The van der Waals surface area contributed by atoms with Crippen LogP contribution in [0.15, 0.2) is 81.3 Å². The van der Waals surface area contributed by atoms with Crippen LogP contribution in [0.3, 0.4) is 0 Å². The lowest BCUT2D eigenvalue weighted by Gasteiger charge is -2.19. The number of benzene rings is 3. The molecule has 9 nitrogen and oxygen atoms in total. The fourth-order valence-corrected chi connectivity index (χ4v) is 5.66. The van der Waals surface area contributed by atoms with Crippen molar-refractivity contribution >= 4 is 9.84 Å². The highest BCUT2D eigenvalue weighted by Gasteiger charge is 2.31. The maximum atomic E-state index is 13.9. The molecule has 0 atom stereocenters. The number of nitrogens with zero attached hydrogens (tertiary/aromatic N) is 3. The summed E-state index contributed by atoms with van der Waals surface area (Å²) in [4.78, 5) is 17.0. The number of aryl methyl sites for hydroxylation is 1. The summed E-state index contributed by atoms with van der Waals surface area (Å²) in [5.41, 5.74) is 0.909. The number of aromatic hydroxyl groups is 1. The summed E-state index contributed by atoms with van der Waals surface area (Å²) in [6, 6.07) is 19.7. The van der Waals surface area contributed by atoms with Crippen LogP contribution < -0.4 is 15.0 Å². The summed E-state index contributed by atoms with van der Waals surface area (Å²) >= 11 is 0. The molecule has 0 bridgehead atoms. The Morgan fingerprint density at radius 2 is 1.62 bits per heavy atom. The predicted octanol–water partition coefficient (Wildman–Crippen LogP) is 4.67. The second-order valence-corrected chi connectivity index (χ2v) is 10.5. The molecule has 10 heteroatoms. The molecule has 1 aromatic heterocycles. The van der Waals surface area contributed by atoms with Crippen molar-refractivity contribution < 1.29 is 23.0 Å². The zero-order chi connectivity index (χ0) is 28.2. The van der Waals surface area contributed by atoms with Crippen molar-refractivity contribution in [3.05, 3.63) is 88.5 Å². The van der Waals surface area contributed by atoms with Crippen molar-refractivity contribution in [2.75, 3.05) is 14.2 Å². The monoisotopic (exact) mass is 545 g/mol. The molecule has 0 aliphatic carbocycles. The first-order valence-electron chi connectivity index (χ1n) is 12.2. The zero-order valence-electron chi connectivity index (χ0n) is 21.7. The summed E-state index contributed by atoms with van der Waals surface area (Å²) in [5, 5.41) is 20.2. The van der Waals surface area contributed by atoms with E-state index in [1.54, 1.807) is 54.6 Å². The van der Waals surface area contributed by atoms with Gasteiger partial charge in [0.2, 0.25) is 15.7 Å². The van der Waals surface area contributed by atoms with E-state index in [-0.39, 0.29) is 27.9 Å². The topological polar surface area (TPSA) is 132 Å². The number of rotatable bonds is 9. The predicted molar refractivity (Wildman–Crippen MR) is 145 cm³/mol. The minimum Gasteiger partial charge on any atom is -0.494 e. The average molecular weight is 546 g/mol. The van der Waals surface area contributed by atoms with Crippen LogP contribution >= 0.6 is 0 Å². The molecule has 0 aliphatic heterocycles. The molecule has 3 aromatic carbocycles. The van der Waals surface area contributed by atoms with Crippen molar-refractivity contribution in [2.45, 2.75) is 36.0 Å². The third kappa shape index (κ3) is 5.09. The molecule has 39 heavy (non-hydrogen) atoms. The zero-order valence-corrected chi connectivity index (χ0v) is 22.5. The van der Waals surface area contributed by atoms with Gasteiger partial charge in [-0.1, -0.05) is 49.7 Å². The van der Waals surface area contributed by atoms with Crippen LogP contribution in [0.5, 0.6) is 17.4 Å². The maximum absolute atomic E-state index is 13.9. The van der Waals surface area contributed by atoms with Gasteiger partial charge in [0, 0.05) is 6.42 Å². The molecule has 0 unspecified atom stereocenters. The molecular weight excluding hydrogens is 518 g/mol. The van der Waals surface area contributed by atoms with E-state index in [0.29, 0.717) is 29.5 Å². The van der Waals surface area contributed by atoms with E-state index >= 15 is 0 Å². The van der Waals surface area contributed by atoms with Gasteiger partial charge in [0.1, 0.15) is 23.0 Å². The standard InChI is InChI=1S/C29H27N3O6S/c1-4-5-13-25-31-28(33)27(29(34)32(25)26-23(37-2)11-8-12-24(26)38-3)39(35,36)21-16-14-19(15-17-21)22-10-7-6-9-20(22)18-30/h6-12,14-17,33H,4-5,13H2,1-3H3. The number of unbranched alkanes of at least 4 members (excludes halogenated alkanes) is 1. The molecule has 0 spiro atoms. The molecule has 0 radical (unpaired) electrons. The number of nitriles is 1. The van der Waals surface area contributed by atoms with Crippen molar-refractivity contribution in [1.82, 2.24) is 9.55 Å². The Morgan fingerprint density at radius 3 is 2.21 bits per heavy atom. The molecule has 0 amide bonds. The maximum Gasteiger partial charge on any atom is 0.281 e. The summed E-state index contributed by atoms with van der Waals surface area (Å²) in [6.07, 6.45) is 1.72. The molecule has 0 saturated carbocycles. The van der Waals surface area contributed by atoms with Crippen molar-refractivity contribution in [3.8, 4) is 40.3 Å². The van der Waals surface area contributed by atoms with Crippen LogP contribution in [0.2, 0.25) is 0 Å². The highest BCUT2D eigenvalue weighted by atomic mass is 32.2. The van der Waals surface area contributed by atoms with E-state index in [1.165, 1.54) is 26.4 Å². The summed E-state index contributed by atoms with van der Waals surface area (Å²) < 4.78 is 39.5. The van der Waals surface area contributed by atoms with Gasteiger partial charge >= 0.3 is 0 Å². The Labute approximate surface area is 226 Å². The first-order valence-corrected chi connectivity index (χ1v) is 13.7. The van der Waals surface area contributed by atoms with Crippen molar-refractivity contribution in [3.63, 3.8) is 0 Å². The van der Waals surface area contributed by atoms with Gasteiger partial charge in [0.15, 0.2) is 4.90 Å². The second-order valence-electron chi connectivity index (χ2n) is 8.62. The Balaban J connectivity index is 1.93. The average Bonchev–Trinajstić information content (AvgIpc) is 2.95. The van der Waals surface area contributed by atoms with Gasteiger partial charge in [-0.2, -0.15) is 10.2 Å². The Bertz CT molecular complexity index is 1700. The van der Waals surface area contributed by atoms with Crippen LogP contribution in [0.25, 0.3) is 16.8 Å². The third-order valence-corrected chi connectivity index (χ3v) is 8.05. The van der Waals surface area contributed by atoms with Crippen LogP contribution in [-0.4, -0.2) is 37.3 Å². The van der Waals surface area contributed by atoms with Gasteiger partial charge in [0.25, 0.3) is 5.56 Å². The molecule has 4 rings (SSSR count). The van der Waals surface area contributed by atoms with E-state index in [4.69, 9.17) is 9.47 Å². The molecule has 1 heterocycles. The Morgan fingerprint density at radius 1 is 0.974 bits per heavy atom. The fourth-order valence-electron chi connectivity index (χ4n) is 4.32. The lowest BCUT2D eigenvalue weighted by Crippen LogP contribution is -2.29. The fraction of sp³-hybridized carbons (Fsp3) is 0.207. The molecule has 200 valence electrons. The minimum atomic E-state index is -4.51. The third-order valence-electron chi connectivity index (χ3n) is 6.26. The molecule has 4 aromatic rings. The quantitative estimate of drug-likeness (QED) is 0.321. The lowest BCUT2D eigenvalue weighted by atomic mass is 10.0. The van der Waals surface area contributed by atoms with Crippen molar-refractivity contribution in [1.29, 1.82) is 5.26 Å². The van der Waals surface area contributed by atoms with E-state index in [1.807, 2.05) is 6.92 Å². The summed E-state index contributed by atoms with van der Waals surface area (Å²) in [6.45, 7) is 1.96. The van der Waals surface area contributed by atoms with Crippen LogP contribution in [-0.2, 0) is 16.3 Å². The molecule has 0 saturated heterocycles. The first kappa shape index (κ1) is 27.4. The smallest absolute Gasteiger partial charge is 0.281 e. The van der Waals surface area contributed by atoms with Gasteiger partial charge in [0.05, 0.1) is 30.7 Å². The van der Waals surface area contributed by atoms with Crippen molar-refractivity contribution in [2.24, 2.45) is 0 Å². The SMILES string of the molecule is CCCCc1nc(O)c(S(=O)(=O)c2ccc(-c3ccccc3C#N)cc2)c(=O)n1-c1c(OC)cccc1OC. The van der Waals surface area contributed by atoms with Crippen LogP contribution in [0, 0.1) is 11.3 Å². The van der Waals surface area contributed by atoms with Crippen LogP contribution in [0.4, 0.5) is 0 Å². The second kappa shape index (κ2) is 11.4. The van der Waals surface area contributed by atoms with E-state index in [2.05, 4.69) is 11.1 Å². The summed E-state index contributed by atoms with van der Waals surface area (Å²) in [5.74, 6) is -0.171. The Hall–Kier alpha value is -4.62. The molecule has 0 aliphatic rings. The molecule has 1 N–H and O–H groups in total. The molecular formula is C29H27N3O6S.